The lowest BCUT2D eigenvalue weighted by Gasteiger charge is -2.17. The second-order valence-corrected chi connectivity index (χ2v) is 4.11. The molecular formula is C13H21N3O2. The highest BCUT2D eigenvalue weighted by Gasteiger charge is 2.09. The molecule has 0 spiro atoms. The van der Waals surface area contributed by atoms with E-state index in [9.17, 15) is 0 Å². The van der Waals surface area contributed by atoms with Gasteiger partial charge in [0, 0.05) is 18.0 Å². The maximum absolute atomic E-state index is 8.42. The molecule has 0 fully saturated rings. The Morgan fingerprint density at radius 2 is 2.22 bits per heavy atom. The third-order valence-electron chi connectivity index (χ3n) is 2.79. The van der Waals surface area contributed by atoms with E-state index in [2.05, 4.69) is 17.4 Å². The van der Waals surface area contributed by atoms with Gasteiger partial charge in [0.2, 0.25) is 0 Å². The number of hydrogen-bond acceptors (Lipinski definition) is 4. The van der Waals surface area contributed by atoms with Crippen LogP contribution in [-0.4, -0.2) is 24.7 Å². The lowest BCUT2D eigenvalue weighted by atomic mass is 10.1. The van der Waals surface area contributed by atoms with E-state index in [4.69, 9.17) is 15.7 Å². The summed E-state index contributed by atoms with van der Waals surface area (Å²) < 4.78 is 5.32. The topological polar surface area (TPSA) is 79.9 Å². The summed E-state index contributed by atoms with van der Waals surface area (Å²) in [7, 11) is 1.67. The van der Waals surface area contributed by atoms with E-state index in [1.165, 1.54) is 0 Å². The third-order valence-corrected chi connectivity index (χ3v) is 2.79. The number of methoxy groups -OCH3 is 1. The molecular weight excluding hydrogens is 230 g/mol. The maximum Gasteiger partial charge on any atom is 0.139 e. The maximum atomic E-state index is 8.42. The van der Waals surface area contributed by atoms with Crippen molar-refractivity contribution in [1.82, 2.24) is 5.32 Å². The minimum Gasteiger partial charge on any atom is -0.496 e. The molecule has 0 bridgehead atoms. The van der Waals surface area contributed by atoms with Crippen molar-refractivity contribution >= 4 is 5.84 Å². The summed E-state index contributed by atoms with van der Waals surface area (Å²) in [5, 5.41) is 14.7. The predicted octanol–water partition coefficient (Wildman–Crippen LogP) is 1.87. The zero-order valence-corrected chi connectivity index (χ0v) is 10.9. The Hall–Kier alpha value is -1.75. The molecule has 0 saturated carbocycles. The highest BCUT2D eigenvalue weighted by atomic mass is 16.5. The van der Waals surface area contributed by atoms with Gasteiger partial charge < -0.3 is 21.0 Å². The number of hydrogen-bond donors (Lipinski definition) is 3. The fourth-order valence-electron chi connectivity index (χ4n) is 1.77. The predicted molar refractivity (Wildman–Crippen MR) is 72.1 cm³/mol. The van der Waals surface area contributed by atoms with Gasteiger partial charge in [-0.25, -0.2) is 0 Å². The first-order valence-electron chi connectivity index (χ1n) is 6.01. The summed E-state index contributed by atoms with van der Waals surface area (Å²) in [4.78, 5) is 0. The van der Waals surface area contributed by atoms with Gasteiger partial charge in [-0.1, -0.05) is 23.4 Å². The highest BCUT2D eigenvalue weighted by molar-refractivity contribution is 5.79. The van der Waals surface area contributed by atoms with E-state index < -0.39 is 0 Å². The lowest BCUT2D eigenvalue weighted by Crippen LogP contribution is -2.22. The zero-order valence-electron chi connectivity index (χ0n) is 10.9. The van der Waals surface area contributed by atoms with Crippen molar-refractivity contribution in [2.45, 2.75) is 25.8 Å². The molecule has 0 aliphatic rings. The minimum absolute atomic E-state index is 0.202. The van der Waals surface area contributed by atoms with Crippen LogP contribution in [0.4, 0.5) is 0 Å². The minimum atomic E-state index is 0.202. The van der Waals surface area contributed by atoms with Crippen molar-refractivity contribution in [2.75, 3.05) is 13.7 Å². The molecule has 100 valence electrons. The van der Waals surface area contributed by atoms with Crippen molar-refractivity contribution in [1.29, 1.82) is 0 Å². The molecule has 1 atom stereocenters. The molecule has 18 heavy (non-hydrogen) atoms. The van der Waals surface area contributed by atoms with Crippen molar-refractivity contribution in [3.8, 4) is 5.75 Å². The first-order chi connectivity index (χ1) is 8.69. The van der Waals surface area contributed by atoms with Crippen LogP contribution in [0.25, 0.3) is 0 Å². The molecule has 5 heteroatoms. The molecule has 0 saturated heterocycles. The number of nitrogens with one attached hydrogen (secondary N) is 1. The van der Waals surface area contributed by atoms with Gasteiger partial charge in [0.15, 0.2) is 0 Å². The van der Waals surface area contributed by atoms with E-state index in [-0.39, 0.29) is 11.9 Å². The van der Waals surface area contributed by atoms with Crippen molar-refractivity contribution in [2.24, 2.45) is 10.9 Å². The van der Waals surface area contributed by atoms with Crippen molar-refractivity contribution < 1.29 is 9.94 Å². The van der Waals surface area contributed by atoms with Crippen LogP contribution in [0.3, 0.4) is 0 Å². The van der Waals surface area contributed by atoms with Gasteiger partial charge in [-0.15, -0.1) is 0 Å². The lowest BCUT2D eigenvalue weighted by molar-refractivity contribution is 0.316. The Labute approximate surface area is 108 Å². The molecule has 0 aliphatic heterocycles. The highest BCUT2D eigenvalue weighted by Crippen LogP contribution is 2.24. The fourth-order valence-corrected chi connectivity index (χ4v) is 1.77. The van der Waals surface area contributed by atoms with Crippen LogP contribution in [0.15, 0.2) is 29.4 Å². The average molecular weight is 251 g/mol. The zero-order chi connectivity index (χ0) is 13.4. The monoisotopic (exact) mass is 251 g/mol. The SMILES string of the molecule is COc1ccccc1[C@@H](C)NCCC/C(N)=N/O. The molecule has 1 aromatic rings. The van der Waals surface area contributed by atoms with Gasteiger partial charge >= 0.3 is 0 Å². The molecule has 0 heterocycles. The van der Waals surface area contributed by atoms with Gasteiger partial charge in [-0.3, -0.25) is 0 Å². The second-order valence-electron chi connectivity index (χ2n) is 4.11. The van der Waals surface area contributed by atoms with Gasteiger partial charge in [0.1, 0.15) is 11.6 Å². The molecule has 0 aliphatic carbocycles. The first-order valence-corrected chi connectivity index (χ1v) is 6.01. The van der Waals surface area contributed by atoms with Crippen LogP contribution in [-0.2, 0) is 0 Å². The van der Waals surface area contributed by atoms with Crippen LogP contribution < -0.4 is 15.8 Å². The Morgan fingerprint density at radius 1 is 1.50 bits per heavy atom. The van der Waals surface area contributed by atoms with Crippen LogP contribution in [0.5, 0.6) is 5.75 Å². The number of ether oxygens (including phenoxy) is 1. The summed E-state index contributed by atoms with van der Waals surface area (Å²) in [6, 6.07) is 8.14. The van der Waals surface area contributed by atoms with E-state index in [0.717, 1.165) is 24.3 Å². The molecule has 0 radical (unpaired) electrons. The largest absolute Gasteiger partial charge is 0.496 e. The summed E-state index contributed by atoms with van der Waals surface area (Å²) in [5.41, 5.74) is 6.53. The summed E-state index contributed by atoms with van der Waals surface area (Å²) >= 11 is 0. The number of amidine groups is 1. The third kappa shape index (κ3) is 4.25. The van der Waals surface area contributed by atoms with E-state index in [1.807, 2.05) is 24.3 Å². The molecule has 1 rings (SSSR count). The molecule has 4 N–H and O–H groups in total. The Bertz CT molecular complexity index is 394. The quantitative estimate of drug-likeness (QED) is 0.227. The number of nitrogens with zero attached hydrogens (tertiary/aromatic N) is 1. The fraction of sp³-hybridized carbons (Fsp3) is 0.462. The second kappa shape index (κ2) is 7.55. The number of oxime groups is 1. The number of benzene rings is 1. The molecule has 0 aromatic heterocycles. The van der Waals surface area contributed by atoms with Crippen LogP contribution in [0.2, 0.25) is 0 Å². The van der Waals surface area contributed by atoms with Gasteiger partial charge in [-0.2, -0.15) is 0 Å². The van der Waals surface area contributed by atoms with Gasteiger partial charge in [0.25, 0.3) is 0 Å². The normalized spacial score (nSPS) is 13.3. The molecule has 1 aromatic carbocycles. The number of nitrogens with two attached hydrogens (primary N) is 1. The summed E-state index contributed by atoms with van der Waals surface area (Å²) in [5.74, 6) is 1.15. The molecule has 5 nitrogen and oxygen atoms in total. The van der Waals surface area contributed by atoms with Gasteiger partial charge in [0.05, 0.1) is 7.11 Å². The molecule has 0 amide bonds. The Morgan fingerprint density at radius 3 is 2.89 bits per heavy atom. The van der Waals surface area contributed by atoms with E-state index in [0.29, 0.717) is 6.42 Å². The smallest absolute Gasteiger partial charge is 0.139 e. The van der Waals surface area contributed by atoms with Crippen LogP contribution >= 0.6 is 0 Å². The first kappa shape index (κ1) is 14.3. The van der Waals surface area contributed by atoms with E-state index in [1.54, 1.807) is 7.11 Å². The molecule has 0 unspecified atom stereocenters. The van der Waals surface area contributed by atoms with E-state index >= 15 is 0 Å². The Balaban J connectivity index is 2.43. The average Bonchev–Trinajstić information content (AvgIpc) is 2.42. The van der Waals surface area contributed by atoms with Gasteiger partial charge in [-0.05, 0) is 26.0 Å². The Kier molecular flexibility index (Phi) is 6.00. The van der Waals surface area contributed by atoms with Crippen molar-refractivity contribution in [3.63, 3.8) is 0 Å². The van der Waals surface area contributed by atoms with Crippen LogP contribution in [0, 0.1) is 0 Å². The van der Waals surface area contributed by atoms with Crippen LogP contribution in [0.1, 0.15) is 31.4 Å². The number of rotatable bonds is 7. The number of para-hydroxylation sites is 1. The standard InChI is InChI=1S/C13H21N3O2/c1-10(15-9-5-8-13(14)16-17)11-6-3-4-7-12(11)18-2/h3-4,6-7,10,15,17H,5,8-9H2,1-2H3,(H2,14,16)/t10-/m1/s1. The van der Waals surface area contributed by atoms with Crippen molar-refractivity contribution in [3.05, 3.63) is 29.8 Å². The summed E-state index contributed by atoms with van der Waals surface area (Å²) in [6.07, 6.45) is 1.41. The summed E-state index contributed by atoms with van der Waals surface area (Å²) in [6.45, 7) is 2.89.